The predicted octanol–water partition coefficient (Wildman–Crippen LogP) is 3.62. The largest absolute Gasteiger partial charge is 0.346 e. The number of rotatable bonds is 4. The van der Waals surface area contributed by atoms with E-state index in [1.165, 1.54) is 18.4 Å². The van der Waals surface area contributed by atoms with E-state index in [-0.39, 0.29) is 0 Å². The van der Waals surface area contributed by atoms with Crippen LogP contribution in [-0.4, -0.2) is 33.0 Å². The number of hydrogen-bond acceptors (Lipinski definition) is 6. The van der Waals surface area contributed by atoms with E-state index in [1.54, 1.807) is 0 Å². The van der Waals surface area contributed by atoms with Crippen LogP contribution in [0.5, 0.6) is 0 Å². The Kier molecular flexibility index (Phi) is 4.39. The molecule has 4 heterocycles. The minimum Gasteiger partial charge on any atom is -0.346 e. The third kappa shape index (κ3) is 3.19. The number of anilines is 2. The smallest absolute Gasteiger partial charge is 0.227 e. The Morgan fingerprint density at radius 1 is 0.929 bits per heavy atom. The molecule has 2 aromatic heterocycles. The Morgan fingerprint density at radius 2 is 1.75 bits per heavy atom. The molecule has 6 nitrogen and oxygen atoms in total. The first-order valence-corrected chi connectivity index (χ1v) is 10.1. The van der Waals surface area contributed by atoms with E-state index in [2.05, 4.69) is 39.9 Å². The number of aromatic nitrogens is 4. The number of fused-ring (bicyclic) bond motifs is 1. The maximum Gasteiger partial charge on any atom is 0.227 e. The molecule has 1 saturated heterocycles. The van der Waals surface area contributed by atoms with Crippen LogP contribution in [0.4, 0.5) is 11.8 Å². The predicted molar refractivity (Wildman–Crippen MR) is 110 cm³/mol. The molecule has 0 saturated carbocycles. The molecule has 1 fully saturated rings. The average Bonchev–Trinajstić information content (AvgIpc) is 3.43. The summed E-state index contributed by atoms with van der Waals surface area (Å²) >= 11 is 0. The van der Waals surface area contributed by atoms with Crippen LogP contribution in [0.3, 0.4) is 0 Å². The van der Waals surface area contributed by atoms with Gasteiger partial charge in [-0.1, -0.05) is 37.3 Å². The molecule has 3 aromatic rings. The second-order valence-corrected chi connectivity index (χ2v) is 7.45. The van der Waals surface area contributed by atoms with Crippen LogP contribution in [0.25, 0.3) is 11.4 Å². The summed E-state index contributed by atoms with van der Waals surface area (Å²) in [4.78, 5) is 23.7. The van der Waals surface area contributed by atoms with Crippen molar-refractivity contribution < 1.29 is 0 Å². The van der Waals surface area contributed by atoms with Gasteiger partial charge >= 0.3 is 0 Å². The minimum atomic E-state index is 0.761. The van der Waals surface area contributed by atoms with Gasteiger partial charge in [0.25, 0.3) is 0 Å². The molecule has 2 aliphatic rings. The SMILES string of the molecule is CCc1cc(N2Cc3cnc(-c4ccccc4)nc3C2)nc(N2CCCC2)n1. The van der Waals surface area contributed by atoms with Gasteiger partial charge in [-0.15, -0.1) is 0 Å². The lowest BCUT2D eigenvalue weighted by atomic mass is 10.2. The standard InChI is InChI=1S/C22H24N6/c1-2-18-12-20(26-22(24-18)27-10-6-7-11-27)28-14-17-13-23-21(25-19(17)15-28)16-8-4-3-5-9-16/h3-5,8-9,12-13H,2,6-7,10-11,14-15H2,1H3. The molecule has 142 valence electrons. The van der Waals surface area contributed by atoms with E-state index >= 15 is 0 Å². The lowest BCUT2D eigenvalue weighted by Gasteiger charge is -2.21. The van der Waals surface area contributed by atoms with Crippen LogP contribution >= 0.6 is 0 Å². The van der Waals surface area contributed by atoms with Gasteiger partial charge in [-0.2, -0.15) is 4.98 Å². The highest BCUT2D eigenvalue weighted by atomic mass is 15.3. The topological polar surface area (TPSA) is 58.0 Å². The second-order valence-electron chi connectivity index (χ2n) is 7.45. The molecule has 1 aromatic carbocycles. The zero-order valence-electron chi connectivity index (χ0n) is 16.2. The first kappa shape index (κ1) is 17.1. The van der Waals surface area contributed by atoms with Crippen LogP contribution in [0.1, 0.15) is 36.7 Å². The quantitative estimate of drug-likeness (QED) is 0.697. The summed E-state index contributed by atoms with van der Waals surface area (Å²) in [6, 6.07) is 12.3. The molecule has 0 amide bonds. The lowest BCUT2D eigenvalue weighted by Crippen LogP contribution is -2.23. The van der Waals surface area contributed by atoms with Gasteiger partial charge in [0, 0.05) is 48.7 Å². The summed E-state index contributed by atoms with van der Waals surface area (Å²) < 4.78 is 0. The average molecular weight is 372 g/mol. The molecule has 0 N–H and O–H groups in total. The van der Waals surface area contributed by atoms with E-state index in [0.29, 0.717) is 0 Å². The van der Waals surface area contributed by atoms with Crippen molar-refractivity contribution >= 4 is 11.8 Å². The number of aryl methyl sites for hydroxylation is 1. The van der Waals surface area contributed by atoms with Crippen molar-refractivity contribution in [2.24, 2.45) is 0 Å². The maximum absolute atomic E-state index is 4.90. The first-order valence-electron chi connectivity index (χ1n) is 10.1. The molecule has 2 aliphatic heterocycles. The van der Waals surface area contributed by atoms with Crippen LogP contribution in [0, 0.1) is 0 Å². The summed E-state index contributed by atoms with van der Waals surface area (Å²) in [5.41, 5.74) is 4.42. The van der Waals surface area contributed by atoms with Gasteiger partial charge in [-0.3, -0.25) is 0 Å². The van der Waals surface area contributed by atoms with Crippen LogP contribution < -0.4 is 9.80 Å². The summed E-state index contributed by atoms with van der Waals surface area (Å²) in [5.74, 6) is 2.66. The van der Waals surface area contributed by atoms with E-state index in [1.807, 2.05) is 24.4 Å². The Labute approximate surface area is 165 Å². The lowest BCUT2D eigenvalue weighted by molar-refractivity contribution is 0.815. The van der Waals surface area contributed by atoms with E-state index in [9.17, 15) is 0 Å². The van der Waals surface area contributed by atoms with Gasteiger partial charge < -0.3 is 9.80 Å². The molecule has 0 bridgehead atoms. The second kappa shape index (κ2) is 7.19. The summed E-state index contributed by atoms with van der Waals surface area (Å²) in [6.07, 6.45) is 5.33. The molecule has 28 heavy (non-hydrogen) atoms. The van der Waals surface area contributed by atoms with Crippen LogP contribution in [-0.2, 0) is 19.5 Å². The monoisotopic (exact) mass is 372 g/mol. The number of nitrogens with zero attached hydrogens (tertiary/aromatic N) is 6. The fourth-order valence-corrected chi connectivity index (χ4v) is 3.91. The zero-order valence-corrected chi connectivity index (χ0v) is 16.2. The molecule has 0 radical (unpaired) electrons. The van der Waals surface area contributed by atoms with E-state index < -0.39 is 0 Å². The Bertz CT molecular complexity index is 982. The summed E-state index contributed by atoms with van der Waals surface area (Å²) in [6.45, 7) is 5.81. The fourth-order valence-electron chi connectivity index (χ4n) is 3.91. The van der Waals surface area contributed by atoms with Crippen molar-refractivity contribution in [3.8, 4) is 11.4 Å². The molecular weight excluding hydrogens is 348 g/mol. The third-order valence-corrected chi connectivity index (χ3v) is 5.52. The Morgan fingerprint density at radius 3 is 2.54 bits per heavy atom. The van der Waals surface area contributed by atoms with Crippen LogP contribution in [0.2, 0.25) is 0 Å². The van der Waals surface area contributed by atoms with Crippen molar-refractivity contribution in [1.82, 2.24) is 19.9 Å². The van der Waals surface area contributed by atoms with Gasteiger partial charge in [0.1, 0.15) is 5.82 Å². The van der Waals surface area contributed by atoms with E-state index in [0.717, 1.165) is 67.1 Å². The highest BCUT2D eigenvalue weighted by Crippen LogP contribution is 2.29. The molecule has 5 rings (SSSR count). The molecule has 0 unspecified atom stereocenters. The highest BCUT2D eigenvalue weighted by molar-refractivity contribution is 5.56. The van der Waals surface area contributed by atoms with Crippen molar-refractivity contribution in [2.75, 3.05) is 22.9 Å². The number of hydrogen-bond donors (Lipinski definition) is 0. The summed E-state index contributed by atoms with van der Waals surface area (Å²) in [7, 11) is 0. The molecular formula is C22H24N6. The molecule has 0 aliphatic carbocycles. The van der Waals surface area contributed by atoms with Crippen molar-refractivity contribution in [3.63, 3.8) is 0 Å². The highest BCUT2D eigenvalue weighted by Gasteiger charge is 2.25. The van der Waals surface area contributed by atoms with Gasteiger partial charge in [-0.05, 0) is 19.3 Å². The van der Waals surface area contributed by atoms with Crippen molar-refractivity contribution in [3.05, 3.63) is 59.5 Å². The molecule has 6 heteroatoms. The number of benzene rings is 1. The van der Waals surface area contributed by atoms with Crippen molar-refractivity contribution in [1.29, 1.82) is 0 Å². The molecule has 0 spiro atoms. The van der Waals surface area contributed by atoms with Gasteiger partial charge in [-0.25, -0.2) is 15.0 Å². The molecule has 0 atom stereocenters. The Hall–Kier alpha value is -3.02. The van der Waals surface area contributed by atoms with Crippen LogP contribution in [0.15, 0.2) is 42.6 Å². The fraction of sp³-hybridized carbons (Fsp3) is 0.364. The maximum atomic E-state index is 4.90. The van der Waals surface area contributed by atoms with Gasteiger partial charge in [0.05, 0.1) is 12.2 Å². The zero-order chi connectivity index (χ0) is 18.9. The summed E-state index contributed by atoms with van der Waals surface area (Å²) in [5, 5.41) is 0. The normalized spacial score (nSPS) is 15.9. The van der Waals surface area contributed by atoms with E-state index in [4.69, 9.17) is 15.0 Å². The Balaban J connectivity index is 1.43. The minimum absolute atomic E-state index is 0.761. The first-order chi connectivity index (χ1) is 13.8. The third-order valence-electron chi connectivity index (χ3n) is 5.52. The van der Waals surface area contributed by atoms with Crippen molar-refractivity contribution in [2.45, 2.75) is 39.3 Å². The van der Waals surface area contributed by atoms with Gasteiger partial charge in [0.15, 0.2) is 5.82 Å². The van der Waals surface area contributed by atoms with Gasteiger partial charge in [0.2, 0.25) is 5.95 Å².